The van der Waals surface area contributed by atoms with Crippen molar-refractivity contribution in [2.75, 3.05) is 17.2 Å². The molecule has 1 amide bonds. The smallest absolute Gasteiger partial charge is 0.330 e. The second kappa shape index (κ2) is 11.5. The first-order chi connectivity index (χ1) is 16.0. The predicted octanol–water partition coefficient (Wildman–Crippen LogP) is 3.40. The van der Waals surface area contributed by atoms with Crippen LogP contribution in [0.15, 0.2) is 44.7 Å². The largest absolute Gasteiger partial charge is 0.487 e. The van der Waals surface area contributed by atoms with Crippen molar-refractivity contribution >= 4 is 28.7 Å². The summed E-state index contributed by atoms with van der Waals surface area (Å²) in [5.74, 6) is 0.238. The van der Waals surface area contributed by atoms with Crippen molar-refractivity contribution < 1.29 is 9.53 Å². The fourth-order valence-electron chi connectivity index (χ4n) is 3.32. The fraction of sp³-hybridized carbons (Fsp3) is 0.391. The molecule has 0 aliphatic rings. The maximum atomic E-state index is 13.4. The molecule has 0 radical (unpaired) electrons. The van der Waals surface area contributed by atoms with Gasteiger partial charge in [0.15, 0.2) is 5.69 Å². The Bertz CT molecular complexity index is 1170. The van der Waals surface area contributed by atoms with E-state index in [1.807, 2.05) is 19.2 Å². The van der Waals surface area contributed by atoms with E-state index in [0.717, 1.165) is 25.0 Å². The van der Waals surface area contributed by atoms with E-state index in [9.17, 15) is 14.4 Å². The molecule has 0 aliphatic heterocycles. The van der Waals surface area contributed by atoms with Gasteiger partial charge in [0.25, 0.3) is 11.5 Å². The molecule has 1 aromatic carbocycles. The van der Waals surface area contributed by atoms with Crippen LogP contribution in [-0.2, 0) is 13.2 Å². The quantitative estimate of drug-likeness (QED) is 0.442. The number of nitrogens with two attached hydrogens (primary N) is 1. The van der Waals surface area contributed by atoms with Crippen LogP contribution >= 0.6 is 11.3 Å². The second-order valence-corrected chi connectivity index (χ2v) is 8.32. The Balaban J connectivity index is 1.89. The summed E-state index contributed by atoms with van der Waals surface area (Å²) in [7, 11) is 0. The number of H-pyrrole nitrogens is 1. The highest BCUT2D eigenvalue weighted by atomic mass is 32.1. The zero-order valence-electron chi connectivity index (χ0n) is 18.9. The summed E-state index contributed by atoms with van der Waals surface area (Å²) >= 11 is 1.50. The summed E-state index contributed by atoms with van der Waals surface area (Å²) in [4.78, 5) is 46.3. The van der Waals surface area contributed by atoms with Crippen molar-refractivity contribution in [3.05, 3.63) is 67.3 Å². The molecule has 0 saturated carbocycles. The monoisotopic (exact) mass is 471 g/mol. The highest BCUT2D eigenvalue weighted by molar-refractivity contribution is 7.07. The number of aromatic nitrogens is 3. The van der Waals surface area contributed by atoms with Crippen molar-refractivity contribution in [2.45, 2.75) is 52.7 Å². The maximum Gasteiger partial charge on any atom is 0.330 e. The van der Waals surface area contributed by atoms with Crippen LogP contribution in [0.1, 0.15) is 55.6 Å². The van der Waals surface area contributed by atoms with Crippen LogP contribution in [0.4, 0.5) is 11.5 Å². The molecule has 0 saturated heterocycles. The van der Waals surface area contributed by atoms with Crippen LogP contribution in [0.2, 0.25) is 0 Å². The van der Waals surface area contributed by atoms with Gasteiger partial charge in [-0.2, -0.15) is 0 Å². The average Bonchev–Trinajstić information content (AvgIpc) is 3.33. The lowest BCUT2D eigenvalue weighted by molar-refractivity contribution is 0.0986. The van der Waals surface area contributed by atoms with Crippen LogP contribution in [0.25, 0.3) is 0 Å². The van der Waals surface area contributed by atoms with E-state index in [-0.39, 0.29) is 17.4 Å². The van der Waals surface area contributed by atoms with Gasteiger partial charge in [-0.05, 0) is 37.1 Å². The van der Waals surface area contributed by atoms with Crippen molar-refractivity contribution in [1.29, 1.82) is 0 Å². The molecule has 176 valence electrons. The van der Waals surface area contributed by atoms with Gasteiger partial charge in [-0.15, -0.1) is 11.3 Å². The van der Waals surface area contributed by atoms with Crippen LogP contribution in [0.5, 0.6) is 5.75 Å². The number of carbonyl (C=O) groups is 1. The first-order valence-electron chi connectivity index (χ1n) is 11.0. The van der Waals surface area contributed by atoms with Crippen molar-refractivity contribution in [1.82, 2.24) is 14.5 Å². The van der Waals surface area contributed by atoms with Crippen LogP contribution in [0.3, 0.4) is 0 Å². The number of carbonyl (C=O) groups excluding carboxylic acids is 1. The summed E-state index contributed by atoms with van der Waals surface area (Å²) in [5, 5.41) is 1.91. The van der Waals surface area contributed by atoms with Gasteiger partial charge >= 0.3 is 5.69 Å². The number of ether oxygens (including phenoxy) is 1. The first-order valence-corrected chi connectivity index (χ1v) is 11.9. The van der Waals surface area contributed by atoms with Gasteiger partial charge in [0.05, 0.1) is 11.2 Å². The van der Waals surface area contributed by atoms with Gasteiger partial charge in [0.2, 0.25) is 0 Å². The number of benzene rings is 1. The molecule has 3 rings (SSSR count). The molecule has 33 heavy (non-hydrogen) atoms. The minimum Gasteiger partial charge on any atom is -0.487 e. The Labute approximate surface area is 195 Å². The number of rotatable bonds is 11. The molecule has 3 aromatic rings. The minimum absolute atomic E-state index is 0.00451. The topological polar surface area (TPSA) is 123 Å². The second-order valence-electron chi connectivity index (χ2n) is 7.60. The highest BCUT2D eigenvalue weighted by Gasteiger charge is 2.25. The van der Waals surface area contributed by atoms with Gasteiger partial charge < -0.3 is 15.4 Å². The Morgan fingerprint density at radius 3 is 2.55 bits per heavy atom. The zero-order valence-corrected chi connectivity index (χ0v) is 19.7. The molecule has 3 N–H and O–H groups in total. The summed E-state index contributed by atoms with van der Waals surface area (Å²) in [5.41, 5.74) is 7.98. The molecule has 0 aliphatic carbocycles. The Morgan fingerprint density at radius 1 is 1.18 bits per heavy atom. The van der Waals surface area contributed by atoms with Crippen molar-refractivity contribution in [3.8, 4) is 5.75 Å². The number of thiazole rings is 1. The number of aromatic amines is 1. The van der Waals surface area contributed by atoms with E-state index in [4.69, 9.17) is 10.5 Å². The summed E-state index contributed by atoms with van der Waals surface area (Å²) in [6, 6.07) is 6.70. The molecule has 2 aromatic heterocycles. The number of amides is 1. The van der Waals surface area contributed by atoms with Crippen molar-refractivity contribution in [3.63, 3.8) is 0 Å². The lowest BCUT2D eigenvalue weighted by atomic mass is 10.1. The van der Waals surface area contributed by atoms with Crippen molar-refractivity contribution in [2.24, 2.45) is 0 Å². The first kappa shape index (κ1) is 24.2. The number of nitrogens with one attached hydrogen (secondary N) is 1. The Hall–Kier alpha value is -3.40. The standard InChI is InChI=1S/C23H29N5O4S/c1-3-5-11-27(19-20(24)28(12-6-4-2)23(31)26-21(19)29)22(30)16-7-9-18(10-8-16)32-13-17-14-33-15-25-17/h7-10,14-15H,3-6,11-13,24H2,1-2H3,(H,26,29,31). The number of hydrogen-bond donors (Lipinski definition) is 2. The summed E-state index contributed by atoms with van der Waals surface area (Å²) in [6.07, 6.45) is 3.07. The third-order valence-corrected chi connectivity index (χ3v) is 5.81. The lowest BCUT2D eigenvalue weighted by Crippen LogP contribution is -2.41. The Morgan fingerprint density at radius 2 is 1.91 bits per heavy atom. The van der Waals surface area contributed by atoms with Crippen LogP contribution in [0, 0.1) is 0 Å². The molecule has 0 bridgehead atoms. The van der Waals surface area contributed by atoms with E-state index >= 15 is 0 Å². The molecular weight excluding hydrogens is 442 g/mol. The van der Waals surface area contributed by atoms with Crippen LogP contribution < -0.4 is 26.6 Å². The highest BCUT2D eigenvalue weighted by Crippen LogP contribution is 2.22. The third-order valence-electron chi connectivity index (χ3n) is 5.17. The molecule has 2 heterocycles. The lowest BCUT2D eigenvalue weighted by Gasteiger charge is -2.24. The number of hydrogen-bond acceptors (Lipinski definition) is 7. The van der Waals surface area contributed by atoms with E-state index in [1.165, 1.54) is 20.8 Å². The van der Waals surface area contributed by atoms with Gasteiger partial charge in [-0.25, -0.2) is 9.78 Å². The van der Waals surface area contributed by atoms with Gasteiger partial charge in [-0.3, -0.25) is 19.1 Å². The zero-order chi connectivity index (χ0) is 23.8. The van der Waals surface area contributed by atoms with Gasteiger partial charge in [-0.1, -0.05) is 26.7 Å². The molecule has 0 fully saturated rings. The number of nitrogen functional groups attached to an aromatic ring is 1. The number of unbranched alkanes of at least 4 members (excludes halogenated alkanes) is 2. The molecule has 0 spiro atoms. The van der Waals surface area contributed by atoms with E-state index < -0.39 is 11.2 Å². The van der Waals surface area contributed by atoms with E-state index in [0.29, 0.717) is 37.4 Å². The molecule has 10 heteroatoms. The molecule has 0 atom stereocenters. The summed E-state index contributed by atoms with van der Waals surface area (Å²) in [6.45, 7) is 5.00. The SMILES string of the molecule is CCCCN(C(=O)c1ccc(OCc2cscn2)cc1)c1c(N)n(CCCC)c(=O)[nH]c1=O. The normalized spacial score (nSPS) is 10.8. The summed E-state index contributed by atoms with van der Waals surface area (Å²) < 4.78 is 7.03. The Kier molecular flexibility index (Phi) is 8.42. The fourth-order valence-corrected chi connectivity index (χ4v) is 3.87. The third kappa shape index (κ3) is 5.89. The average molecular weight is 472 g/mol. The van der Waals surface area contributed by atoms with Gasteiger partial charge in [0.1, 0.15) is 18.2 Å². The van der Waals surface area contributed by atoms with Gasteiger partial charge in [0, 0.05) is 24.0 Å². The predicted molar refractivity (Wildman–Crippen MR) is 130 cm³/mol. The van der Waals surface area contributed by atoms with Crippen LogP contribution in [-0.4, -0.2) is 27.0 Å². The number of anilines is 2. The van der Waals surface area contributed by atoms with E-state index in [2.05, 4.69) is 9.97 Å². The molecule has 9 nitrogen and oxygen atoms in total. The number of nitrogens with zero attached hydrogens (tertiary/aromatic N) is 3. The minimum atomic E-state index is -0.669. The molecule has 0 unspecified atom stereocenters. The van der Waals surface area contributed by atoms with E-state index in [1.54, 1.807) is 29.8 Å². The maximum absolute atomic E-state index is 13.4. The molecular formula is C23H29N5O4S.